The van der Waals surface area contributed by atoms with Gasteiger partial charge in [0.05, 0.1) is 18.4 Å². The largest absolute Gasteiger partial charge is 0.446 e. The summed E-state index contributed by atoms with van der Waals surface area (Å²) >= 11 is 0.571. The highest BCUT2D eigenvalue weighted by molar-refractivity contribution is 8.03. The van der Waals surface area contributed by atoms with Crippen molar-refractivity contribution in [3.63, 3.8) is 0 Å². The van der Waals surface area contributed by atoms with Crippen LogP contribution in [0.15, 0.2) is 35.5 Å². The summed E-state index contributed by atoms with van der Waals surface area (Å²) in [5.74, 6) is -0.605. The van der Waals surface area contributed by atoms with Gasteiger partial charge in [0.1, 0.15) is 11.6 Å². The maximum atomic E-state index is 14.1. The lowest BCUT2D eigenvalue weighted by Crippen LogP contribution is -2.24. The van der Waals surface area contributed by atoms with Crippen molar-refractivity contribution in [1.29, 1.82) is 0 Å². The van der Waals surface area contributed by atoms with Gasteiger partial charge in [-0.15, -0.1) is 0 Å². The van der Waals surface area contributed by atoms with Crippen molar-refractivity contribution in [1.82, 2.24) is 0 Å². The highest BCUT2D eigenvalue weighted by Crippen LogP contribution is 2.44. The number of nitrogens with one attached hydrogen (secondary N) is 1. The van der Waals surface area contributed by atoms with Gasteiger partial charge in [-0.1, -0.05) is 12.1 Å². The van der Waals surface area contributed by atoms with Crippen LogP contribution in [0.25, 0.3) is 0 Å². The normalized spacial score (nSPS) is 23.0. The SMILES string of the molecule is CS(=O)(=O)Nc1ccccc1OC1(F)CC(F)=CS1. The summed E-state index contributed by atoms with van der Waals surface area (Å²) < 4.78 is 56.7. The molecular weight excluding hydrogens is 296 g/mol. The van der Waals surface area contributed by atoms with Gasteiger partial charge in [-0.25, -0.2) is 12.8 Å². The first-order valence-electron chi connectivity index (χ1n) is 5.24. The van der Waals surface area contributed by atoms with Gasteiger partial charge in [0.2, 0.25) is 10.0 Å². The number of alkyl halides is 1. The van der Waals surface area contributed by atoms with E-state index in [4.69, 9.17) is 4.74 Å². The van der Waals surface area contributed by atoms with Crippen molar-refractivity contribution in [3.05, 3.63) is 35.5 Å². The molecule has 104 valence electrons. The Morgan fingerprint density at radius 1 is 1.42 bits per heavy atom. The van der Waals surface area contributed by atoms with E-state index in [1.165, 1.54) is 12.1 Å². The summed E-state index contributed by atoms with van der Waals surface area (Å²) in [6.45, 7) is 0. The molecule has 0 fully saturated rings. The van der Waals surface area contributed by atoms with E-state index >= 15 is 0 Å². The third-order valence-corrected chi connectivity index (χ3v) is 3.73. The summed E-state index contributed by atoms with van der Waals surface area (Å²) in [6.07, 6.45) is 0.464. The number of para-hydroxylation sites is 2. The van der Waals surface area contributed by atoms with Gasteiger partial charge in [0.15, 0.2) is 0 Å². The smallest absolute Gasteiger partial charge is 0.307 e. The molecule has 1 aromatic rings. The first-order chi connectivity index (χ1) is 8.77. The van der Waals surface area contributed by atoms with Crippen LogP contribution in [0.2, 0.25) is 0 Å². The van der Waals surface area contributed by atoms with E-state index in [-0.39, 0.29) is 11.4 Å². The van der Waals surface area contributed by atoms with Crippen molar-refractivity contribution < 1.29 is 21.9 Å². The van der Waals surface area contributed by atoms with Crippen LogP contribution < -0.4 is 9.46 Å². The van der Waals surface area contributed by atoms with Crippen LogP contribution in [0, 0.1) is 0 Å². The monoisotopic (exact) mass is 307 g/mol. The Hall–Kier alpha value is -1.28. The van der Waals surface area contributed by atoms with E-state index in [0.29, 0.717) is 11.8 Å². The van der Waals surface area contributed by atoms with Gasteiger partial charge in [-0.2, -0.15) is 4.39 Å². The molecule has 1 aromatic carbocycles. The molecule has 1 N–H and O–H groups in total. The number of benzene rings is 1. The minimum absolute atomic E-state index is 0.00558. The van der Waals surface area contributed by atoms with E-state index in [1.54, 1.807) is 12.1 Å². The van der Waals surface area contributed by atoms with Crippen molar-refractivity contribution in [2.24, 2.45) is 0 Å². The Bertz CT molecular complexity index is 618. The topological polar surface area (TPSA) is 55.4 Å². The molecule has 4 nitrogen and oxygen atoms in total. The summed E-state index contributed by atoms with van der Waals surface area (Å²) in [6, 6.07) is 5.98. The number of ether oxygens (including phenoxy) is 1. The molecule has 0 amide bonds. The first kappa shape index (κ1) is 14.1. The maximum Gasteiger partial charge on any atom is 0.307 e. The highest BCUT2D eigenvalue weighted by atomic mass is 32.2. The van der Waals surface area contributed by atoms with Crippen molar-refractivity contribution in [2.75, 3.05) is 11.0 Å². The molecular formula is C11H11F2NO3S2. The van der Waals surface area contributed by atoms with Crippen LogP contribution in [0.5, 0.6) is 5.75 Å². The van der Waals surface area contributed by atoms with Gasteiger partial charge in [0, 0.05) is 5.41 Å². The lowest BCUT2D eigenvalue weighted by Gasteiger charge is -2.21. The Morgan fingerprint density at radius 2 is 2.11 bits per heavy atom. The summed E-state index contributed by atoms with van der Waals surface area (Å²) in [7, 11) is -3.51. The molecule has 0 aromatic heterocycles. The molecule has 1 aliphatic rings. The molecule has 1 unspecified atom stereocenters. The fourth-order valence-corrected chi connectivity index (χ4v) is 2.82. The minimum Gasteiger partial charge on any atom is -0.446 e. The number of anilines is 1. The van der Waals surface area contributed by atoms with E-state index in [0.717, 1.165) is 11.7 Å². The zero-order valence-electron chi connectivity index (χ0n) is 9.89. The summed E-state index contributed by atoms with van der Waals surface area (Å²) in [4.78, 5) is 0. The number of hydrogen-bond acceptors (Lipinski definition) is 4. The quantitative estimate of drug-likeness (QED) is 0.929. The zero-order valence-corrected chi connectivity index (χ0v) is 11.5. The van der Waals surface area contributed by atoms with Crippen LogP contribution in [-0.2, 0) is 10.0 Å². The minimum atomic E-state index is -3.51. The molecule has 2 rings (SSSR count). The van der Waals surface area contributed by atoms with E-state index in [2.05, 4.69) is 4.72 Å². The van der Waals surface area contributed by atoms with Gasteiger partial charge >= 0.3 is 5.19 Å². The average Bonchev–Trinajstić information content (AvgIpc) is 2.59. The van der Waals surface area contributed by atoms with E-state index in [9.17, 15) is 17.2 Å². The van der Waals surface area contributed by atoms with Crippen LogP contribution in [-0.4, -0.2) is 19.9 Å². The highest BCUT2D eigenvalue weighted by Gasteiger charge is 2.39. The van der Waals surface area contributed by atoms with Crippen molar-refractivity contribution in [2.45, 2.75) is 11.6 Å². The second-order valence-electron chi connectivity index (χ2n) is 3.99. The molecule has 1 aliphatic heterocycles. The average molecular weight is 307 g/mol. The molecule has 0 radical (unpaired) electrons. The van der Waals surface area contributed by atoms with E-state index < -0.39 is 27.5 Å². The molecule has 0 spiro atoms. The van der Waals surface area contributed by atoms with Crippen LogP contribution >= 0.6 is 11.8 Å². The van der Waals surface area contributed by atoms with Crippen LogP contribution in [0.1, 0.15) is 6.42 Å². The predicted octanol–water partition coefficient (Wildman–Crippen LogP) is 3.01. The van der Waals surface area contributed by atoms with Crippen molar-refractivity contribution >= 4 is 27.5 Å². The lowest BCUT2D eigenvalue weighted by molar-refractivity contribution is 0.0305. The fraction of sp³-hybridized carbons (Fsp3) is 0.273. The third kappa shape index (κ3) is 3.84. The van der Waals surface area contributed by atoms with Gasteiger partial charge in [-0.3, -0.25) is 4.72 Å². The standard InChI is InChI=1S/C11H11F2NO3S2/c1-19(15,16)14-9-4-2-3-5-10(9)17-11(13)6-8(12)7-18-11/h2-5,7,14H,6H2,1H3. The second kappa shape index (κ2) is 5.01. The predicted molar refractivity (Wildman–Crippen MR) is 70.8 cm³/mol. The third-order valence-electron chi connectivity index (χ3n) is 2.19. The molecule has 0 aliphatic carbocycles. The lowest BCUT2D eigenvalue weighted by atomic mass is 10.3. The number of rotatable bonds is 4. The number of hydrogen-bond donors (Lipinski definition) is 1. The molecule has 1 atom stereocenters. The molecule has 0 saturated carbocycles. The van der Waals surface area contributed by atoms with Gasteiger partial charge in [0.25, 0.3) is 0 Å². The summed E-state index contributed by atoms with van der Waals surface area (Å²) in [5.41, 5.74) is 0.106. The first-order valence-corrected chi connectivity index (χ1v) is 8.02. The molecule has 0 saturated heterocycles. The molecule has 8 heteroatoms. The maximum absolute atomic E-state index is 14.1. The Morgan fingerprint density at radius 3 is 2.68 bits per heavy atom. The Balaban J connectivity index is 2.21. The molecule has 0 bridgehead atoms. The molecule has 1 heterocycles. The second-order valence-corrected chi connectivity index (χ2v) is 6.82. The van der Waals surface area contributed by atoms with E-state index in [1.807, 2.05) is 0 Å². The Labute approximate surface area is 113 Å². The number of thioether (sulfide) groups is 1. The van der Waals surface area contributed by atoms with Crippen molar-refractivity contribution in [3.8, 4) is 5.75 Å². The van der Waals surface area contributed by atoms with Crippen LogP contribution in [0.3, 0.4) is 0 Å². The Kier molecular flexibility index (Phi) is 3.73. The van der Waals surface area contributed by atoms with Crippen LogP contribution in [0.4, 0.5) is 14.5 Å². The molecule has 19 heavy (non-hydrogen) atoms. The van der Waals surface area contributed by atoms with Gasteiger partial charge in [-0.05, 0) is 23.9 Å². The fourth-order valence-electron chi connectivity index (χ4n) is 1.50. The number of halogens is 2. The number of sulfonamides is 1. The zero-order chi connectivity index (χ0) is 14.1. The van der Waals surface area contributed by atoms with Gasteiger partial charge < -0.3 is 4.74 Å². The summed E-state index contributed by atoms with van der Waals surface area (Å²) in [5, 5.41) is -1.22.